The van der Waals surface area contributed by atoms with Crippen LogP contribution in [0, 0.1) is 0 Å². The number of aliphatic imine (C=N–C) groups is 1. The molecule has 6 nitrogen and oxygen atoms in total. The van der Waals surface area contributed by atoms with Crippen LogP contribution in [-0.2, 0) is 6.54 Å². The van der Waals surface area contributed by atoms with Crippen LogP contribution in [0.5, 0.6) is 11.5 Å². The van der Waals surface area contributed by atoms with E-state index in [-0.39, 0.29) is 6.04 Å². The van der Waals surface area contributed by atoms with Crippen molar-refractivity contribution in [1.29, 1.82) is 0 Å². The van der Waals surface area contributed by atoms with Gasteiger partial charge >= 0.3 is 0 Å². The number of fused-ring (bicyclic) bond motifs is 1. The number of hydrogen-bond donors (Lipinski definition) is 2. The number of guanidine groups is 1. The number of likely N-dealkylation sites (N-methyl/N-ethyl adjacent to an activating group) is 1. The highest BCUT2D eigenvalue weighted by atomic mass is 16.7. The second-order valence-electron chi connectivity index (χ2n) is 6.38. The van der Waals surface area contributed by atoms with E-state index in [0.29, 0.717) is 13.3 Å². The molecule has 3 rings (SSSR count). The highest BCUT2D eigenvalue weighted by Gasteiger charge is 2.15. The first kappa shape index (κ1) is 18.1. The fourth-order valence-electron chi connectivity index (χ4n) is 2.92. The van der Waals surface area contributed by atoms with Crippen LogP contribution in [-0.4, -0.2) is 45.3 Å². The van der Waals surface area contributed by atoms with E-state index in [1.807, 2.05) is 24.3 Å². The Hall–Kier alpha value is -2.73. The van der Waals surface area contributed by atoms with Gasteiger partial charge in [-0.05, 0) is 37.4 Å². The zero-order valence-corrected chi connectivity index (χ0v) is 15.5. The lowest BCUT2D eigenvalue weighted by Crippen LogP contribution is -2.41. The molecule has 6 heteroatoms. The van der Waals surface area contributed by atoms with Crippen LogP contribution in [0.4, 0.5) is 0 Å². The van der Waals surface area contributed by atoms with Gasteiger partial charge in [0.1, 0.15) is 0 Å². The predicted molar refractivity (Wildman–Crippen MR) is 104 cm³/mol. The van der Waals surface area contributed by atoms with E-state index in [2.05, 4.69) is 58.9 Å². The number of ether oxygens (including phenoxy) is 2. The number of nitrogens with one attached hydrogen (secondary N) is 2. The van der Waals surface area contributed by atoms with Crippen LogP contribution in [0.3, 0.4) is 0 Å². The summed E-state index contributed by atoms with van der Waals surface area (Å²) < 4.78 is 10.8. The van der Waals surface area contributed by atoms with Gasteiger partial charge in [0, 0.05) is 20.1 Å². The van der Waals surface area contributed by atoms with Crippen molar-refractivity contribution in [3.63, 3.8) is 0 Å². The Kier molecular flexibility index (Phi) is 5.96. The fourth-order valence-corrected chi connectivity index (χ4v) is 2.92. The second-order valence-corrected chi connectivity index (χ2v) is 6.38. The molecule has 26 heavy (non-hydrogen) atoms. The minimum absolute atomic E-state index is 0.264. The summed E-state index contributed by atoms with van der Waals surface area (Å²) in [6.07, 6.45) is 0. The standard InChI is InChI=1S/C20H26N4O2/c1-21-20(22-12-15-9-10-18-19(11-15)26-14-25-18)23-13-17(24(2)3)16-7-5-4-6-8-16/h4-11,17H,12-14H2,1-3H3,(H2,21,22,23). The molecular weight excluding hydrogens is 328 g/mol. The molecule has 1 heterocycles. The Morgan fingerprint density at radius 1 is 1.08 bits per heavy atom. The van der Waals surface area contributed by atoms with Crippen molar-refractivity contribution >= 4 is 5.96 Å². The molecule has 0 bridgehead atoms. The van der Waals surface area contributed by atoms with Crippen molar-refractivity contribution in [3.05, 3.63) is 59.7 Å². The van der Waals surface area contributed by atoms with E-state index >= 15 is 0 Å². The summed E-state index contributed by atoms with van der Waals surface area (Å²) in [5.74, 6) is 2.36. The second kappa shape index (κ2) is 8.58. The molecule has 0 fully saturated rings. The van der Waals surface area contributed by atoms with Gasteiger partial charge in [0.05, 0.1) is 6.04 Å². The summed E-state index contributed by atoms with van der Waals surface area (Å²) in [5.41, 5.74) is 2.39. The van der Waals surface area contributed by atoms with Gasteiger partial charge in [-0.3, -0.25) is 4.99 Å². The van der Waals surface area contributed by atoms with Crippen molar-refractivity contribution < 1.29 is 9.47 Å². The number of hydrogen-bond acceptors (Lipinski definition) is 4. The van der Waals surface area contributed by atoms with Crippen molar-refractivity contribution in [2.24, 2.45) is 4.99 Å². The average Bonchev–Trinajstić information content (AvgIpc) is 3.13. The average molecular weight is 354 g/mol. The smallest absolute Gasteiger partial charge is 0.231 e. The summed E-state index contributed by atoms with van der Waals surface area (Å²) >= 11 is 0. The molecule has 1 unspecified atom stereocenters. The van der Waals surface area contributed by atoms with Gasteiger partial charge in [-0.2, -0.15) is 0 Å². The minimum Gasteiger partial charge on any atom is -0.454 e. The maximum Gasteiger partial charge on any atom is 0.231 e. The molecule has 2 aromatic carbocycles. The molecule has 0 amide bonds. The number of benzene rings is 2. The van der Waals surface area contributed by atoms with Crippen molar-refractivity contribution in [2.75, 3.05) is 34.5 Å². The zero-order chi connectivity index (χ0) is 18.4. The minimum atomic E-state index is 0.264. The summed E-state index contributed by atoms with van der Waals surface area (Å²) in [6.45, 7) is 1.72. The van der Waals surface area contributed by atoms with Crippen molar-refractivity contribution in [3.8, 4) is 11.5 Å². The van der Waals surface area contributed by atoms with E-state index in [1.54, 1.807) is 7.05 Å². The topological polar surface area (TPSA) is 58.1 Å². The van der Waals surface area contributed by atoms with Gasteiger partial charge in [0.25, 0.3) is 0 Å². The molecule has 0 spiro atoms. The van der Waals surface area contributed by atoms with E-state index in [4.69, 9.17) is 9.47 Å². The van der Waals surface area contributed by atoms with E-state index in [0.717, 1.165) is 29.6 Å². The van der Waals surface area contributed by atoms with Crippen molar-refractivity contribution in [2.45, 2.75) is 12.6 Å². The first-order chi connectivity index (χ1) is 12.7. The zero-order valence-electron chi connectivity index (χ0n) is 15.5. The molecule has 1 aliphatic rings. The van der Waals surface area contributed by atoms with E-state index in [1.165, 1.54) is 5.56 Å². The quantitative estimate of drug-likeness (QED) is 0.616. The first-order valence-electron chi connectivity index (χ1n) is 8.72. The maximum absolute atomic E-state index is 5.43. The van der Waals surface area contributed by atoms with E-state index in [9.17, 15) is 0 Å². The van der Waals surface area contributed by atoms with Gasteiger partial charge in [-0.25, -0.2) is 0 Å². The fraction of sp³-hybridized carbons (Fsp3) is 0.350. The monoisotopic (exact) mass is 354 g/mol. The van der Waals surface area contributed by atoms with Crippen LogP contribution >= 0.6 is 0 Å². The third kappa shape index (κ3) is 4.46. The lowest BCUT2D eigenvalue weighted by atomic mass is 10.1. The van der Waals surface area contributed by atoms with Crippen LogP contribution < -0.4 is 20.1 Å². The molecule has 2 aromatic rings. The SMILES string of the molecule is CN=C(NCc1ccc2c(c1)OCO2)NCC(c1ccccc1)N(C)C. The molecular formula is C20H26N4O2. The maximum atomic E-state index is 5.43. The van der Waals surface area contributed by atoms with Gasteiger partial charge in [-0.1, -0.05) is 36.4 Å². The van der Waals surface area contributed by atoms with Crippen LogP contribution in [0.1, 0.15) is 17.2 Å². The Morgan fingerprint density at radius 2 is 1.85 bits per heavy atom. The molecule has 0 saturated carbocycles. The molecule has 2 N–H and O–H groups in total. The Bertz CT molecular complexity index is 747. The summed E-state index contributed by atoms with van der Waals surface area (Å²) in [7, 11) is 5.95. The largest absolute Gasteiger partial charge is 0.454 e. The van der Waals surface area contributed by atoms with Gasteiger partial charge in [-0.15, -0.1) is 0 Å². The van der Waals surface area contributed by atoms with Gasteiger partial charge in [0.2, 0.25) is 6.79 Å². The molecule has 1 atom stereocenters. The highest BCUT2D eigenvalue weighted by Crippen LogP contribution is 2.32. The first-order valence-corrected chi connectivity index (χ1v) is 8.72. The predicted octanol–water partition coefficient (Wildman–Crippen LogP) is 2.38. The molecule has 1 aliphatic heterocycles. The Morgan fingerprint density at radius 3 is 2.58 bits per heavy atom. The number of rotatable bonds is 6. The molecule has 0 saturated heterocycles. The van der Waals surface area contributed by atoms with Crippen LogP contribution in [0.25, 0.3) is 0 Å². The Labute approximate surface area is 154 Å². The normalized spacial score (nSPS) is 14.4. The summed E-state index contributed by atoms with van der Waals surface area (Å²) in [4.78, 5) is 6.52. The highest BCUT2D eigenvalue weighted by molar-refractivity contribution is 5.79. The van der Waals surface area contributed by atoms with E-state index < -0.39 is 0 Å². The third-order valence-electron chi connectivity index (χ3n) is 4.39. The molecule has 138 valence electrons. The molecule has 0 radical (unpaired) electrons. The summed E-state index contributed by atoms with van der Waals surface area (Å²) in [5, 5.41) is 6.76. The summed E-state index contributed by atoms with van der Waals surface area (Å²) in [6, 6.07) is 16.7. The van der Waals surface area contributed by atoms with Crippen LogP contribution in [0.2, 0.25) is 0 Å². The Balaban J connectivity index is 1.56. The lowest BCUT2D eigenvalue weighted by Gasteiger charge is -2.26. The molecule has 0 aromatic heterocycles. The van der Waals surface area contributed by atoms with Gasteiger partial charge in [0.15, 0.2) is 17.5 Å². The number of nitrogens with zero attached hydrogens (tertiary/aromatic N) is 2. The van der Waals surface area contributed by atoms with Crippen LogP contribution in [0.15, 0.2) is 53.5 Å². The lowest BCUT2D eigenvalue weighted by molar-refractivity contribution is 0.174. The third-order valence-corrected chi connectivity index (χ3v) is 4.39. The van der Waals surface area contributed by atoms with Gasteiger partial charge < -0.3 is 25.0 Å². The van der Waals surface area contributed by atoms with Crippen molar-refractivity contribution in [1.82, 2.24) is 15.5 Å². The molecule has 0 aliphatic carbocycles.